The molecule has 0 radical (unpaired) electrons. The van der Waals surface area contributed by atoms with Gasteiger partial charge in [-0.05, 0) is 25.7 Å². The van der Waals surface area contributed by atoms with E-state index in [1.165, 1.54) is 12.1 Å². The summed E-state index contributed by atoms with van der Waals surface area (Å²) in [5, 5.41) is 8.43. The van der Waals surface area contributed by atoms with E-state index in [0.29, 0.717) is 11.3 Å². The SMILES string of the molecule is CCCn1nncc1C1CCC(Cl)C1. The molecule has 0 N–H and O–H groups in total. The van der Waals surface area contributed by atoms with Crippen molar-refractivity contribution in [2.24, 2.45) is 0 Å². The number of aryl methyl sites for hydroxylation is 1. The Morgan fingerprint density at radius 3 is 3.07 bits per heavy atom. The van der Waals surface area contributed by atoms with Gasteiger partial charge < -0.3 is 0 Å². The Hall–Kier alpha value is -0.570. The highest BCUT2D eigenvalue weighted by Crippen LogP contribution is 2.36. The number of alkyl halides is 1. The van der Waals surface area contributed by atoms with Crippen LogP contribution >= 0.6 is 11.6 Å². The average Bonchev–Trinajstić information content (AvgIpc) is 2.74. The van der Waals surface area contributed by atoms with Crippen molar-refractivity contribution >= 4 is 11.6 Å². The lowest BCUT2D eigenvalue weighted by Crippen LogP contribution is -2.07. The number of rotatable bonds is 3. The van der Waals surface area contributed by atoms with Crippen LogP contribution < -0.4 is 0 Å². The van der Waals surface area contributed by atoms with E-state index in [4.69, 9.17) is 11.6 Å². The lowest BCUT2D eigenvalue weighted by molar-refractivity contribution is 0.526. The van der Waals surface area contributed by atoms with Gasteiger partial charge in [-0.2, -0.15) is 0 Å². The molecule has 2 rings (SSSR count). The van der Waals surface area contributed by atoms with Crippen LogP contribution in [0.4, 0.5) is 0 Å². The number of hydrogen-bond acceptors (Lipinski definition) is 2. The minimum absolute atomic E-state index is 0.352. The number of hydrogen-bond donors (Lipinski definition) is 0. The van der Waals surface area contributed by atoms with Gasteiger partial charge in [-0.15, -0.1) is 16.7 Å². The molecule has 0 aliphatic heterocycles. The van der Waals surface area contributed by atoms with Gasteiger partial charge in [0, 0.05) is 17.8 Å². The average molecular weight is 214 g/mol. The smallest absolute Gasteiger partial charge is 0.0728 e. The number of halogens is 1. The molecule has 1 aromatic heterocycles. The zero-order valence-corrected chi connectivity index (χ0v) is 9.24. The number of aromatic nitrogens is 3. The van der Waals surface area contributed by atoms with Crippen molar-refractivity contribution in [2.45, 2.75) is 50.4 Å². The molecule has 0 bridgehead atoms. The van der Waals surface area contributed by atoms with E-state index in [0.717, 1.165) is 25.8 Å². The van der Waals surface area contributed by atoms with Gasteiger partial charge in [0.1, 0.15) is 0 Å². The second kappa shape index (κ2) is 4.30. The van der Waals surface area contributed by atoms with Gasteiger partial charge in [0.2, 0.25) is 0 Å². The summed E-state index contributed by atoms with van der Waals surface area (Å²) < 4.78 is 2.03. The Labute approximate surface area is 89.4 Å². The van der Waals surface area contributed by atoms with Gasteiger partial charge in [0.05, 0.1) is 11.9 Å². The molecular formula is C10H16ClN3. The van der Waals surface area contributed by atoms with Crippen LogP contribution in [0.15, 0.2) is 6.20 Å². The van der Waals surface area contributed by atoms with Crippen LogP contribution in [0, 0.1) is 0 Å². The first-order valence-electron chi connectivity index (χ1n) is 5.33. The van der Waals surface area contributed by atoms with Gasteiger partial charge >= 0.3 is 0 Å². The summed E-state index contributed by atoms with van der Waals surface area (Å²) in [6.45, 7) is 3.13. The Morgan fingerprint density at radius 1 is 1.57 bits per heavy atom. The summed E-state index contributed by atoms with van der Waals surface area (Å²) in [6.07, 6.45) is 6.40. The molecule has 0 aromatic carbocycles. The van der Waals surface area contributed by atoms with E-state index < -0.39 is 0 Å². The van der Waals surface area contributed by atoms with Crippen molar-refractivity contribution in [3.05, 3.63) is 11.9 Å². The van der Waals surface area contributed by atoms with Gasteiger partial charge in [0.15, 0.2) is 0 Å². The normalized spacial score (nSPS) is 27.0. The van der Waals surface area contributed by atoms with Crippen molar-refractivity contribution in [1.29, 1.82) is 0 Å². The van der Waals surface area contributed by atoms with Crippen molar-refractivity contribution in [3.8, 4) is 0 Å². The van der Waals surface area contributed by atoms with E-state index in [2.05, 4.69) is 17.2 Å². The Morgan fingerprint density at radius 2 is 2.43 bits per heavy atom. The minimum atomic E-state index is 0.352. The predicted molar refractivity (Wildman–Crippen MR) is 56.5 cm³/mol. The van der Waals surface area contributed by atoms with Crippen molar-refractivity contribution in [2.75, 3.05) is 0 Å². The maximum absolute atomic E-state index is 6.10. The molecule has 1 saturated carbocycles. The van der Waals surface area contributed by atoms with Gasteiger partial charge in [-0.25, -0.2) is 4.68 Å². The highest BCUT2D eigenvalue weighted by molar-refractivity contribution is 6.20. The molecular weight excluding hydrogens is 198 g/mol. The lowest BCUT2D eigenvalue weighted by atomic mass is 10.1. The molecule has 1 aliphatic carbocycles. The minimum Gasteiger partial charge on any atom is -0.249 e. The van der Waals surface area contributed by atoms with E-state index in [9.17, 15) is 0 Å². The largest absolute Gasteiger partial charge is 0.249 e. The van der Waals surface area contributed by atoms with Crippen molar-refractivity contribution in [1.82, 2.24) is 15.0 Å². The summed E-state index contributed by atoms with van der Waals surface area (Å²) in [6, 6.07) is 0. The van der Waals surface area contributed by atoms with Crippen LogP contribution in [0.5, 0.6) is 0 Å². The van der Waals surface area contributed by atoms with Gasteiger partial charge in [-0.3, -0.25) is 0 Å². The second-order valence-corrected chi connectivity index (χ2v) is 4.61. The molecule has 14 heavy (non-hydrogen) atoms. The lowest BCUT2D eigenvalue weighted by Gasteiger charge is -2.10. The van der Waals surface area contributed by atoms with Crippen LogP contribution in [-0.2, 0) is 6.54 Å². The summed E-state index contributed by atoms with van der Waals surface area (Å²) in [4.78, 5) is 0. The maximum atomic E-state index is 6.10. The Bertz CT molecular complexity index is 297. The first kappa shape index (κ1) is 9.97. The third kappa shape index (κ3) is 1.92. The molecule has 1 fully saturated rings. The van der Waals surface area contributed by atoms with Crippen LogP contribution in [0.3, 0.4) is 0 Å². The molecule has 0 amide bonds. The monoisotopic (exact) mass is 213 g/mol. The molecule has 78 valence electrons. The first-order valence-corrected chi connectivity index (χ1v) is 5.77. The van der Waals surface area contributed by atoms with Crippen molar-refractivity contribution in [3.63, 3.8) is 0 Å². The summed E-state index contributed by atoms with van der Waals surface area (Å²) in [7, 11) is 0. The highest BCUT2D eigenvalue weighted by Gasteiger charge is 2.26. The zero-order valence-electron chi connectivity index (χ0n) is 8.49. The van der Waals surface area contributed by atoms with Crippen molar-refractivity contribution < 1.29 is 0 Å². The predicted octanol–water partition coefficient (Wildman–Crippen LogP) is 2.56. The van der Waals surface area contributed by atoms with E-state index in [1.807, 2.05) is 10.9 Å². The zero-order chi connectivity index (χ0) is 9.97. The Balaban J connectivity index is 2.11. The first-order chi connectivity index (χ1) is 6.81. The van der Waals surface area contributed by atoms with Crippen LogP contribution in [0.25, 0.3) is 0 Å². The molecule has 0 saturated heterocycles. The summed E-state index contributed by atoms with van der Waals surface area (Å²) >= 11 is 6.10. The van der Waals surface area contributed by atoms with Crippen LogP contribution in [-0.4, -0.2) is 20.4 Å². The summed E-state index contributed by atoms with van der Waals surface area (Å²) in [5.74, 6) is 0.582. The van der Waals surface area contributed by atoms with E-state index in [-0.39, 0.29) is 0 Å². The molecule has 3 nitrogen and oxygen atoms in total. The molecule has 2 atom stereocenters. The number of nitrogens with zero attached hydrogens (tertiary/aromatic N) is 3. The molecule has 1 aromatic rings. The molecule has 2 unspecified atom stereocenters. The molecule has 1 heterocycles. The van der Waals surface area contributed by atoms with E-state index in [1.54, 1.807) is 0 Å². The van der Waals surface area contributed by atoms with Crippen LogP contribution in [0.2, 0.25) is 0 Å². The molecule has 4 heteroatoms. The Kier molecular flexibility index (Phi) is 3.06. The quantitative estimate of drug-likeness (QED) is 0.723. The fourth-order valence-electron chi connectivity index (χ4n) is 2.16. The van der Waals surface area contributed by atoms with Gasteiger partial charge in [0.25, 0.3) is 0 Å². The second-order valence-electron chi connectivity index (χ2n) is 3.99. The molecule has 0 spiro atoms. The summed E-state index contributed by atoms with van der Waals surface area (Å²) in [5.41, 5.74) is 1.27. The van der Waals surface area contributed by atoms with E-state index >= 15 is 0 Å². The highest BCUT2D eigenvalue weighted by atomic mass is 35.5. The fraction of sp³-hybridized carbons (Fsp3) is 0.800. The van der Waals surface area contributed by atoms with Crippen LogP contribution in [0.1, 0.15) is 44.2 Å². The third-order valence-corrected chi connectivity index (χ3v) is 3.27. The topological polar surface area (TPSA) is 30.7 Å². The maximum Gasteiger partial charge on any atom is 0.0728 e. The molecule has 1 aliphatic rings. The van der Waals surface area contributed by atoms with Gasteiger partial charge in [-0.1, -0.05) is 12.1 Å². The standard InChI is InChI=1S/C10H16ClN3/c1-2-5-14-10(7-12-13-14)8-3-4-9(11)6-8/h7-9H,2-6H2,1H3. The third-order valence-electron chi connectivity index (χ3n) is 2.87. The fourth-order valence-corrected chi connectivity index (χ4v) is 2.50.